The van der Waals surface area contributed by atoms with Crippen LogP contribution in [0.1, 0.15) is 10.4 Å². The Morgan fingerprint density at radius 2 is 2.08 bits per heavy atom. The Morgan fingerprint density at radius 1 is 1.42 bits per heavy atom. The van der Waals surface area contributed by atoms with E-state index in [9.17, 15) is 14.4 Å². The molecule has 1 aliphatic heterocycles. The Balaban J connectivity index is 2.41. The highest BCUT2D eigenvalue weighted by molar-refractivity contribution is 9.11. The lowest BCUT2D eigenvalue weighted by Gasteiger charge is -2.16. The number of nitrogens with zero attached hydrogens (tertiary/aromatic N) is 1. The zero-order chi connectivity index (χ0) is 18.0. The number of benzene rings is 1. The van der Waals surface area contributed by atoms with Crippen LogP contribution in [-0.4, -0.2) is 48.1 Å². The number of hydrogen-bond donors (Lipinski definition) is 2. The average Bonchev–Trinajstić information content (AvgIpc) is 2.78. The molecule has 10 heteroatoms. The topological polar surface area (TPSA) is 95.9 Å². The first kappa shape index (κ1) is 18.9. The van der Waals surface area contributed by atoms with Crippen LogP contribution in [0.3, 0.4) is 0 Å². The van der Waals surface area contributed by atoms with Crippen molar-refractivity contribution in [3.8, 4) is 0 Å². The van der Waals surface area contributed by atoms with E-state index in [0.717, 1.165) is 11.0 Å². The maximum Gasteiger partial charge on any atom is 0.340 e. The molecule has 0 aromatic heterocycles. The van der Waals surface area contributed by atoms with Crippen LogP contribution in [0.15, 0.2) is 26.8 Å². The first-order valence-corrected chi connectivity index (χ1v) is 8.49. The van der Waals surface area contributed by atoms with Gasteiger partial charge in [0.2, 0.25) is 0 Å². The zero-order valence-electron chi connectivity index (χ0n) is 12.2. The van der Waals surface area contributed by atoms with E-state index in [2.05, 4.69) is 37.2 Å². The van der Waals surface area contributed by atoms with Crippen LogP contribution < -0.4 is 5.32 Å². The van der Waals surface area contributed by atoms with E-state index in [0.29, 0.717) is 4.47 Å². The molecule has 0 aliphatic carbocycles. The van der Waals surface area contributed by atoms with Gasteiger partial charge < -0.3 is 15.2 Å². The standard InChI is InChI=1S/C14H11Br2ClN2O5/c1-24-14(23)10-6(15)4-7(17)12(11(10)16)18-8-5-9(21)19(2-3-20)13(8)22/h4-5,18,20H,2-3H2,1H3. The number of imide groups is 1. The molecule has 128 valence electrons. The van der Waals surface area contributed by atoms with E-state index in [1.165, 1.54) is 13.2 Å². The number of aliphatic hydroxyl groups is 1. The summed E-state index contributed by atoms with van der Waals surface area (Å²) >= 11 is 12.6. The van der Waals surface area contributed by atoms with Crippen LogP contribution in [0, 0.1) is 0 Å². The number of methoxy groups -OCH3 is 1. The lowest BCUT2D eigenvalue weighted by atomic mass is 10.2. The smallest absolute Gasteiger partial charge is 0.340 e. The molecule has 0 saturated heterocycles. The van der Waals surface area contributed by atoms with Crippen molar-refractivity contribution in [2.24, 2.45) is 0 Å². The van der Waals surface area contributed by atoms with Crippen LogP contribution in [0.25, 0.3) is 0 Å². The highest BCUT2D eigenvalue weighted by Gasteiger charge is 2.32. The summed E-state index contributed by atoms with van der Waals surface area (Å²) in [5, 5.41) is 11.9. The maximum atomic E-state index is 12.2. The van der Waals surface area contributed by atoms with Crippen molar-refractivity contribution in [3.05, 3.63) is 37.4 Å². The summed E-state index contributed by atoms with van der Waals surface area (Å²) < 4.78 is 5.39. The molecule has 2 rings (SSSR count). The highest BCUT2D eigenvalue weighted by atomic mass is 79.9. The Morgan fingerprint density at radius 3 is 2.67 bits per heavy atom. The summed E-state index contributed by atoms with van der Waals surface area (Å²) in [5.74, 6) is -1.76. The summed E-state index contributed by atoms with van der Waals surface area (Å²) in [7, 11) is 1.23. The molecule has 2 amide bonds. The second-order valence-corrected chi connectivity index (χ2v) is 6.65. The maximum absolute atomic E-state index is 12.2. The number of rotatable bonds is 5. The van der Waals surface area contributed by atoms with E-state index in [-0.39, 0.29) is 39.6 Å². The van der Waals surface area contributed by atoms with Crippen LogP contribution in [0.5, 0.6) is 0 Å². The molecule has 7 nitrogen and oxygen atoms in total. The average molecular weight is 483 g/mol. The Hall–Kier alpha value is -1.42. The van der Waals surface area contributed by atoms with Crippen molar-refractivity contribution in [1.82, 2.24) is 4.90 Å². The molecule has 0 saturated carbocycles. The van der Waals surface area contributed by atoms with Crippen molar-refractivity contribution >= 4 is 66.9 Å². The normalized spacial score (nSPS) is 14.0. The quantitative estimate of drug-likeness (QED) is 0.494. The Bertz CT molecular complexity index is 766. The number of nitrogens with one attached hydrogen (secondary N) is 1. The van der Waals surface area contributed by atoms with E-state index < -0.39 is 17.8 Å². The van der Waals surface area contributed by atoms with Crippen LogP contribution in [-0.2, 0) is 14.3 Å². The second-order valence-electron chi connectivity index (χ2n) is 4.60. The lowest BCUT2D eigenvalue weighted by Crippen LogP contribution is -2.34. The molecule has 2 N–H and O–H groups in total. The van der Waals surface area contributed by atoms with Gasteiger partial charge in [0.1, 0.15) is 5.70 Å². The third kappa shape index (κ3) is 3.49. The minimum Gasteiger partial charge on any atom is -0.465 e. The Kier molecular flexibility index (Phi) is 6.02. The fraction of sp³-hybridized carbons (Fsp3) is 0.214. The van der Waals surface area contributed by atoms with Gasteiger partial charge in [-0.3, -0.25) is 14.5 Å². The third-order valence-corrected chi connectivity index (χ3v) is 4.87. The summed E-state index contributed by atoms with van der Waals surface area (Å²) in [4.78, 5) is 36.7. The fourth-order valence-electron chi connectivity index (χ4n) is 2.04. The lowest BCUT2D eigenvalue weighted by molar-refractivity contribution is -0.137. The summed E-state index contributed by atoms with van der Waals surface area (Å²) in [6.45, 7) is -0.449. The van der Waals surface area contributed by atoms with Gasteiger partial charge >= 0.3 is 5.97 Å². The number of esters is 1. The van der Waals surface area contributed by atoms with E-state index in [1.807, 2.05) is 0 Å². The third-order valence-electron chi connectivity index (χ3n) is 3.15. The minimum absolute atomic E-state index is 0.0193. The first-order valence-electron chi connectivity index (χ1n) is 6.53. The molecule has 0 radical (unpaired) electrons. The monoisotopic (exact) mass is 480 g/mol. The van der Waals surface area contributed by atoms with Crippen LogP contribution in [0.2, 0.25) is 5.02 Å². The minimum atomic E-state index is -0.613. The number of amides is 2. The van der Waals surface area contributed by atoms with Gasteiger partial charge in [-0.25, -0.2) is 4.79 Å². The number of aliphatic hydroxyl groups excluding tert-OH is 1. The Labute approximate surface area is 158 Å². The van der Waals surface area contributed by atoms with Crippen molar-refractivity contribution in [3.63, 3.8) is 0 Å². The highest BCUT2D eigenvalue weighted by Crippen LogP contribution is 2.39. The molecule has 0 atom stereocenters. The van der Waals surface area contributed by atoms with Crippen molar-refractivity contribution < 1.29 is 24.2 Å². The molecule has 0 fully saturated rings. The second kappa shape index (κ2) is 7.64. The number of hydrogen-bond acceptors (Lipinski definition) is 6. The zero-order valence-corrected chi connectivity index (χ0v) is 16.2. The van der Waals surface area contributed by atoms with Gasteiger partial charge in [0, 0.05) is 10.5 Å². The number of halogens is 3. The van der Waals surface area contributed by atoms with Gasteiger partial charge in [-0.05, 0) is 37.9 Å². The molecule has 24 heavy (non-hydrogen) atoms. The molecule has 1 heterocycles. The van der Waals surface area contributed by atoms with Crippen LogP contribution >= 0.6 is 43.5 Å². The number of carbonyl (C=O) groups excluding carboxylic acids is 3. The molecular weight excluding hydrogens is 471 g/mol. The predicted octanol–water partition coefficient (Wildman–Crippen LogP) is 2.31. The van der Waals surface area contributed by atoms with Gasteiger partial charge in [0.25, 0.3) is 11.8 Å². The van der Waals surface area contributed by atoms with Gasteiger partial charge in [0.15, 0.2) is 0 Å². The molecule has 1 aromatic rings. The van der Waals surface area contributed by atoms with E-state index >= 15 is 0 Å². The van der Waals surface area contributed by atoms with Gasteiger partial charge in [0.05, 0.1) is 41.0 Å². The number of ether oxygens (including phenoxy) is 1. The predicted molar refractivity (Wildman–Crippen MR) is 93.7 cm³/mol. The largest absolute Gasteiger partial charge is 0.465 e. The van der Waals surface area contributed by atoms with E-state index in [1.54, 1.807) is 0 Å². The summed E-state index contributed by atoms with van der Waals surface area (Å²) in [6, 6.07) is 1.47. The van der Waals surface area contributed by atoms with Crippen molar-refractivity contribution in [2.75, 3.05) is 25.6 Å². The first-order chi connectivity index (χ1) is 11.3. The number of carbonyl (C=O) groups is 3. The van der Waals surface area contributed by atoms with Gasteiger partial charge in [-0.15, -0.1) is 0 Å². The van der Waals surface area contributed by atoms with E-state index in [4.69, 9.17) is 21.4 Å². The van der Waals surface area contributed by atoms with Crippen molar-refractivity contribution in [1.29, 1.82) is 0 Å². The molecule has 1 aromatic carbocycles. The fourth-order valence-corrected chi connectivity index (χ4v) is 4.08. The van der Waals surface area contributed by atoms with Crippen LogP contribution in [0.4, 0.5) is 5.69 Å². The molecule has 0 spiro atoms. The molecular formula is C14H11Br2ClN2O5. The van der Waals surface area contributed by atoms with Gasteiger partial charge in [-0.2, -0.15) is 0 Å². The molecule has 0 unspecified atom stereocenters. The molecule has 1 aliphatic rings. The summed E-state index contributed by atoms with van der Waals surface area (Å²) in [5.41, 5.74) is 0.390. The number of β-amino-alcohol motifs (C(OH)–C–C–N with tert-alkyl or cyclic N) is 1. The summed E-state index contributed by atoms with van der Waals surface area (Å²) in [6.07, 6.45) is 1.10. The SMILES string of the molecule is COC(=O)c1c(Br)cc(Cl)c(NC2=CC(=O)N(CCO)C2=O)c1Br. The molecule has 0 bridgehead atoms. The number of anilines is 1. The van der Waals surface area contributed by atoms with Crippen molar-refractivity contribution in [2.45, 2.75) is 0 Å². The van der Waals surface area contributed by atoms with Gasteiger partial charge in [-0.1, -0.05) is 11.6 Å².